The molecule has 0 saturated heterocycles. The molecule has 0 aromatic rings. The van der Waals surface area contributed by atoms with Crippen LogP contribution in [0.2, 0.25) is 0 Å². The standard InChI is InChI=1S/C9H12/c1-7(2)9-5-4-8(3)6-9/h4,6H,1,5H2,2-3H3. The molecule has 1 aliphatic rings. The Balaban J connectivity index is 2.71. The fraction of sp³-hybridized carbons (Fsp3) is 0.333. The number of rotatable bonds is 1. The van der Waals surface area contributed by atoms with Gasteiger partial charge >= 0.3 is 0 Å². The molecule has 0 amide bonds. The molecule has 0 nitrogen and oxygen atoms in total. The predicted molar refractivity (Wildman–Crippen MR) is 41.3 cm³/mol. The molecule has 9 heavy (non-hydrogen) atoms. The summed E-state index contributed by atoms with van der Waals surface area (Å²) in [5, 5.41) is 0. The van der Waals surface area contributed by atoms with Crippen LogP contribution in [0.5, 0.6) is 0 Å². The van der Waals surface area contributed by atoms with Gasteiger partial charge in [0.2, 0.25) is 0 Å². The molecule has 0 unspecified atom stereocenters. The molecule has 0 heteroatoms. The van der Waals surface area contributed by atoms with E-state index in [1.165, 1.54) is 16.7 Å². The molecule has 0 radical (unpaired) electrons. The molecular formula is C9H12. The molecule has 0 aliphatic heterocycles. The van der Waals surface area contributed by atoms with Gasteiger partial charge in [-0.25, -0.2) is 0 Å². The predicted octanol–water partition coefficient (Wildman–Crippen LogP) is 2.84. The third kappa shape index (κ3) is 1.32. The lowest BCUT2D eigenvalue weighted by Gasteiger charge is -1.95. The second-order valence-corrected chi connectivity index (χ2v) is 2.60. The third-order valence-corrected chi connectivity index (χ3v) is 1.59. The first-order valence-corrected chi connectivity index (χ1v) is 3.23. The first-order valence-electron chi connectivity index (χ1n) is 3.23. The lowest BCUT2D eigenvalue weighted by molar-refractivity contribution is 1.25. The number of allylic oxidation sites excluding steroid dienone is 5. The molecule has 0 bridgehead atoms. The molecule has 1 rings (SSSR count). The molecule has 0 aromatic carbocycles. The van der Waals surface area contributed by atoms with Crippen molar-refractivity contribution in [2.75, 3.05) is 0 Å². The minimum Gasteiger partial charge on any atom is -0.0958 e. The van der Waals surface area contributed by atoms with Crippen LogP contribution in [-0.2, 0) is 0 Å². The number of hydrogen-bond acceptors (Lipinski definition) is 0. The Labute approximate surface area is 56.6 Å². The van der Waals surface area contributed by atoms with Crippen LogP contribution >= 0.6 is 0 Å². The Bertz CT molecular complexity index is 192. The maximum absolute atomic E-state index is 3.87. The second kappa shape index (κ2) is 2.22. The van der Waals surface area contributed by atoms with E-state index in [1.807, 2.05) is 0 Å². The zero-order chi connectivity index (χ0) is 6.85. The van der Waals surface area contributed by atoms with Gasteiger partial charge in [-0.15, -0.1) is 0 Å². The molecule has 0 saturated carbocycles. The smallest absolute Gasteiger partial charge is 0.00892 e. The summed E-state index contributed by atoms with van der Waals surface area (Å²) < 4.78 is 0. The Morgan fingerprint density at radius 2 is 2.33 bits per heavy atom. The van der Waals surface area contributed by atoms with Gasteiger partial charge in [-0.05, 0) is 25.8 Å². The van der Waals surface area contributed by atoms with Gasteiger partial charge in [0.15, 0.2) is 0 Å². The summed E-state index contributed by atoms with van der Waals surface area (Å²) in [6.07, 6.45) is 5.51. The van der Waals surface area contributed by atoms with E-state index in [2.05, 4.69) is 32.6 Å². The van der Waals surface area contributed by atoms with Gasteiger partial charge in [0.05, 0.1) is 0 Å². The van der Waals surface area contributed by atoms with E-state index < -0.39 is 0 Å². The fourth-order valence-electron chi connectivity index (χ4n) is 0.961. The van der Waals surface area contributed by atoms with Crippen LogP contribution in [0.4, 0.5) is 0 Å². The summed E-state index contributed by atoms with van der Waals surface area (Å²) >= 11 is 0. The first-order chi connectivity index (χ1) is 4.20. The quantitative estimate of drug-likeness (QED) is 0.499. The van der Waals surface area contributed by atoms with Gasteiger partial charge in [0.25, 0.3) is 0 Å². The van der Waals surface area contributed by atoms with Crippen molar-refractivity contribution in [1.29, 1.82) is 0 Å². The number of hydrogen-bond donors (Lipinski definition) is 0. The van der Waals surface area contributed by atoms with Crippen molar-refractivity contribution in [3.8, 4) is 0 Å². The molecule has 0 fully saturated rings. The summed E-state index contributed by atoms with van der Waals surface area (Å²) in [5.74, 6) is 0. The van der Waals surface area contributed by atoms with Gasteiger partial charge < -0.3 is 0 Å². The van der Waals surface area contributed by atoms with Crippen molar-refractivity contribution in [3.05, 3.63) is 35.5 Å². The summed E-state index contributed by atoms with van der Waals surface area (Å²) in [6.45, 7) is 8.04. The Morgan fingerprint density at radius 1 is 1.67 bits per heavy atom. The van der Waals surface area contributed by atoms with Crippen LogP contribution in [0, 0.1) is 0 Å². The highest BCUT2D eigenvalue weighted by atomic mass is 14.1. The van der Waals surface area contributed by atoms with Crippen LogP contribution in [-0.4, -0.2) is 0 Å². The molecular weight excluding hydrogens is 108 g/mol. The molecule has 0 N–H and O–H groups in total. The first kappa shape index (κ1) is 6.34. The topological polar surface area (TPSA) is 0 Å². The monoisotopic (exact) mass is 120 g/mol. The molecule has 48 valence electrons. The van der Waals surface area contributed by atoms with E-state index in [1.54, 1.807) is 0 Å². The molecule has 0 atom stereocenters. The lowest BCUT2D eigenvalue weighted by atomic mass is 10.1. The summed E-state index contributed by atoms with van der Waals surface area (Å²) in [4.78, 5) is 0. The second-order valence-electron chi connectivity index (χ2n) is 2.60. The van der Waals surface area contributed by atoms with Crippen molar-refractivity contribution in [3.63, 3.8) is 0 Å². The van der Waals surface area contributed by atoms with E-state index in [4.69, 9.17) is 0 Å². The van der Waals surface area contributed by atoms with E-state index in [9.17, 15) is 0 Å². The van der Waals surface area contributed by atoms with Gasteiger partial charge in [-0.1, -0.05) is 29.9 Å². The Kier molecular flexibility index (Phi) is 1.56. The Morgan fingerprint density at radius 3 is 2.56 bits per heavy atom. The van der Waals surface area contributed by atoms with Crippen LogP contribution in [0.1, 0.15) is 20.3 Å². The van der Waals surface area contributed by atoms with E-state index in [0.29, 0.717) is 0 Å². The molecule has 0 heterocycles. The minimum atomic E-state index is 1.08. The van der Waals surface area contributed by atoms with Crippen molar-refractivity contribution < 1.29 is 0 Å². The van der Waals surface area contributed by atoms with Crippen molar-refractivity contribution in [2.45, 2.75) is 20.3 Å². The maximum atomic E-state index is 3.87. The lowest BCUT2D eigenvalue weighted by Crippen LogP contribution is -1.75. The zero-order valence-corrected chi connectivity index (χ0v) is 6.07. The summed E-state index contributed by atoms with van der Waals surface area (Å²) in [7, 11) is 0. The van der Waals surface area contributed by atoms with E-state index in [-0.39, 0.29) is 0 Å². The van der Waals surface area contributed by atoms with E-state index >= 15 is 0 Å². The summed E-state index contributed by atoms with van der Waals surface area (Å²) in [5.41, 5.74) is 3.95. The van der Waals surface area contributed by atoms with Crippen molar-refractivity contribution >= 4 is 0 Å². The fourth-order valence-corrected chi connectivity index (χ4v) is 0.961. The van der Waals surface area contributed by atoms with Gasteiger partial charge in [0, 0.05) is 0 Å². The van der Waals surface area contributed by atoms with E-state index in [0.717, 1.165) is 6.42 Å². The molecule has 0 spiro atoms. The third-order valence-electron chi connectivity index (χ3n) is 1.59. The van der Waals surface area contributed by atoms with Crippen molar-refractivity contribution in [2.24, 2.45) is 0 Å². The summed E-state index contributed by atoms with van der Waals surface area (Å²) in [6, 6.07) is 0. The van der Waals surface area contributed by atoms with Crippen LogP contribution in [0.25, 0.3) is 0 Å². The van der Waals surface area contributed by atoms with Gasteiger partial charge in [0.1, 0.15) is 0 Å². The van der Waals surface area contributed by atoms with Crippen LogP contribution in [0.15, 0.2) is 35.5 Å². The van der Waals surface area contributed by atoms with Gasteiger partial charge in [-0.2, -0.15) is 0 Å². The largest absolute Gasteiger partial charge is 0.0958 e. The molecule has 0 aromatic heterocycles. The van der Waals surface area contributed by atoms with Crippen LogP contribution in [0.3, 0.4) is 0 Å². The highest BCUT2D eigenvalue weighted by Gasteiger charge is 2.01. The SMILES string of the molecule is C=C(C)C1=CC(C)=CC1. The highest BCUT2D eigenvalue weighted by Crippen LogP contribution is 2.21. The normalized spacial score (nSPS) is 17.1. The van der Waals surface area contributed by atoms with Crippen LogP contribution < -0.4 is 0 Å². The maximum Gasteiger partial charge on any atom is -0.00892 e. The zero-order valence-electron chi connectivity index (χ0n) is 6.07. The highest BCUT2D eigenvalue weighted by molar-refractivity contribution is 5.40. The van der Waals surface area contributed by atoms with Gasteiger partial charge in [-0.3, -0.25) is 0 Å². The van der Waals surface area contributed by atoms with Crippen molar-refractivity contribution in [1.82, 2.24) is 0 Å². The molecule has 1 aliphatic carbocycles. The average molecular weight is 120 g/mol. The Hall–Kier alpha value is -0.780. The average Bonchev–Trinajstić information content (AvgIpc) is 2.14. The minimum absolute atomic E-state index is 1.08.